The number of aryl methyl sites for hydroxylation is 2. The van der Waals surface area contributed by atoms with E-state index >= 15 is 0 Å². The first-order chi connectivity index (χ1) is 14.6. The first-order valence-corrected chi connectivity index (χ1v) is 9.90. The number of benzene rings is 3. The molecule has 148 valence electrons. The lowest BCUT2D eigenvalue weighted by Crippen LogP contribution is -2.15. The molecule has 2 aromatic heterocycles. The van der Waals surface area contributed by atoms with Gasteiger partial charge in [0.25, 0.3) is 0 Å². The van der Waals surface area contributed by atoms with E-state index in [0.29, 0.717) is 0 Å². The Labute approximate surface area is 173 Å². The summed E-state index contributed by atoms with van der Waals surface area (Å²) < 4.78 is 5.74. The number of fused-ring (bicyclic) bond motifs is 2. The molecule has 5 aromatic rings. The molecule has 0 aliphatic carbocycles. The van der Waals surface area contributed by atoms with Gasteiger partial charge in [-0.3, -0.25) is 4.79 Å². The molecule has 0 aliphatic rings. The summed E-state index contributed by atoms with van der Waals surface area (Å²) >= 11 is 0. The number of carbonyl (C=O) groups is 1. The van der Waals surface area contributed by atoms with E-state index in [1.54, 1.807) is 6.26 Å². The highest BCUT2D eigenvalue weighted by molar-refractivity contribution is 5.98. The van der Waals surface area contributed by atoms with Crippen LogP contribution in [0.4, 0.5) is 5.69 Å². The van der Waals surface area contributed by atoms with Crippen LogP contribution in [0, 0.1) is 13.8 Å². The third-order valence-corrected chi connectivity index (χ3v) is 5.54. The van der Waals surface area contributed by atoms with Crippen molar-refractivity contribution in [1.29, 1.82) is 0 Å². The normalized spacial score (nSPS) is 11.3. The van der Waals surface area contributed by atoms with Crippen LogP contribution in [0.3, 0.4) is 0 Å². The second kappa shape index (κ2) is 7.19. The molecule has 0 aliphatic heterocycles. The highest BCUT2D eigenvalue weighted by Crippen LogP contribution is 2.29. The van der Waals surface area contributed by atoms with Gasteiger partial charge in [0, 0.05) is 16.5 Å². The number of carbonyl (C=O) groups excluding carboxylic acids is 1. The van der Waals surface area contributed by atoms with Crippen LogP contribution in [0.5, 0.6) is 0 Å². The van der Waals surface area contributed by atoms with Crippen LogP contribution in [0.15, 0.2) is 71.3 Å². The average molecular weight is 395 g/mol. The summed E-state index contributed by atoms with van der Waals surface area (Å²) in [4.78, 5) is 20.8. The highest BCUT2D eigenvalue weighted by atomic mass is 16.3. The van der Waals surface area contributed by atoms with Gasteiger partial charge in [-0.15, -0.1) is 0 Å². The first-order valence-electron chi connectivity index (χ1n) is 9.90. The van der Waals surface area contributed by atoms with Gasteiger partial charge < -0.3 is 14.7 Å². The van der Waals surface area contributed by atoms with Crippen LogP contribution >= 0.6 is 0 Å². The van der Waals surface area contributed by atoms with Gasteiger partial charge in [-0.1, -0.05) is 36.4 Å². The van der Waals surface area contributed by atoms with Crippen LogP contribution in [0.25, 0.3) is 33.4 Å². The number of nitrogens with zero attached hydrogens (tertiary/aromatic N) is 1. The summed E-state index contributed by atoms with van der Waals surface area (Å²) in [7, 11) is 0. The molecular formula is C25H21N3O2. The number of H-pyrrole nitrogens is 1. The van der Waals surface area contributed by atoms with Crippen LogP contribution < -0.4 is 5.32 Å². The van der Waals surface area contributed by atoms with Crippen molar-refractivity contribution in [1.82, 2.24) is 9.97 Å². The van der Waals surface area contributed by atoms with Gasteiger partial charge >= 0.3 is 0 Å². The van der Waals surface area contributed by atoms with Crippen LogP contribution in [0.2, 0.25) is 0 Å². The molecule has 2 heterocycles. The Bertz CT molecular complexity index is 1360. The van der Waals surface area contributed by atoms with Crippen molar-refractivity contribution in [2.45, 2.75) is 20.3 Å². The number of aromatic nitrogens is 2. The zero-order valence-corrected chi connectivity index (χ0v) is 16.8. The van der Waals surface area contributed by atoms with E-state index in [0.717, 1.165) is 50.2 Å². The van der Waals surface area contributed by atoms with E-state index in [2.05, 4.69) is 28.3 Å². The molecule has 3 aromatic carbocycles. The van der Waals surface area contributed by atoms with Crippen molar-refractivity contribution in [2.75, 3.05) is 5.32 Å². The maximum atomic E-state index is 12.8. The summed E-state index contributed by atoms with van der Waals surface area (Å²) in [6.07, 6.45) is 1.92. The second-order valence-corrected chi connectivity index (χ2v) is 7.52. The predicted molar refractivity (Wildman–Crippen MR) is 120 cm³/mol. The van der Waals surface area contributed by atoms with Crippen LogP contribution in [0.1, 0.15) is 16.7 Å². The number of anilines is 1. The largest absolute Gasteiger partial charge is 0.464 e. The van der Waals surface area contributed by atoms with Gasteiger partial charge in [0.1, 0.15) is 11.4 Å². The van der Waals surface area contributed by atoms with Crippen LogP contribution in [-0.4, -0.2) is 15.9 Å². The predicted octanol–water partition coefficient (Wildman–Crippen LogP) is 5.77. The van der Waals surface area contributed by atoms with Crippen molar-refractivity contribution in [3.05, 3.63) is 83.6 Å². The number of rotatable bonds is 4. The Morgan fingerprint density at radius 2 is 1.83 bits per heavy atom. The number of aromatic amines is 1. The fourth-order valence-electron chi connectivity index (χ4n) is 3.77. The zero-order chi connectivity index (χ0) is 20.7. The Morgan fingerprint density at radius 1 is 1.03 bits per heavy atom. The van der Waals surface area contributed by atoms with E-state index in [1.165, 1.54) is 5.56 Å². The lowest BCUT2D eigenvalue weighted by Gasteiger charge is -2.09. The Kier molecular flexibility index (Phi) is 4.36. The van der Waals surface area contributed by atoms with Crippen molar-refractivity contribution in [2.24, 2.45) is 0 Å². The van der Waals surface area contributed by atoms with Gasteiger partial charge in [-0.05, 0) is 49.2 Å². The molecule has 0 bridgehead atoms. The SMILES string of the molecule is Cc1ccc2c(CC(=O)Nc3ccccc3-c3nc4ccccc4[nH]3)coc2c1C. The molecule has 0 fully saturated rings. The first kappa shape index (κ1) is 18.2. The van der Waals surface area contributed by atoms with Gasteiger partial charge in [0.05, 0.1) is 29.4 Å². The minimum Gasteiger partial charge on any atom is -0.464 e. The fraction of sp³-hybridized carbons (Fsp3) is 0.120. The Balaban J connectivity index is 1.43. The van der Waals surface area contributed by atoms with Gasteiger partial charge in [-0.25, -0.2) is 4.98 Å². The molecule has 5 heteroatoms. The molecule has 0 atom stereocenters. The Hall–Kier alpha value is -3.86. The molecule has 0 spiro atoms. The smallest absolute Gasteiger partial charge is 0.228 e. The number of hydrogen-bond acceptors (Lipinski definition) is 3. The number of furan rings is 1. The monoisotopic (exact) mass is 395 g/mol. The molecule has 1 amide bonds. The van der Waals surface area contributed by atoms with Crippen LogP contribution in [-0.2, 0) is 11.2 Å². The maximum Gasteiger partial charge on any atom is 0.228 e. The topological polar surface area (TPSA) is 70.9 Å². The summed E-state index contributed by atoms with van der Waals surface area (Å²) in [5.74, 6) is 0.631. The van der Waals surface area contributed by atoms with Gasteiger partial charge in [-0.2, -0.15) is 0 Å². The fourth-order valence-corrected chi connectivity index (χ4v) is 3.77. The van der Waals surface area contributed by atoms with Crippen molar-refractivity contribution >= 4 is 33.6 Å². The lowest BCUT2D eigenvalue weighted by molar-refractivity contribution is -0.115. The number of imidazole rings is 1. The molecule has 0 unspecified atom stereocenters. The summed E-state index contributed by atoms with van der Waals surface area (Å²) in [6, 6.07) is 19.6. The third kappa shape index (κ3) is 3.14. The van der Waals surface area contributed by atoms with E-state index < -0.39 is 0 Å². The molecule has 0 saturated carbocycles. The second-order valence-electron chi connectivity index (χ2n) is 7.52. The summed E-state index contributed by atoms with van der Waals surface area (Å²) in [6.45, 7) is 4.09. The molecular weight excluding hydrogens is 374 g/mol. The minimum absolute atomic E-state index is 0.0977. The van der Waals surface area contributed by atoms with Gasteiger partial charge in [0.15, 0.2) is 0 Å². The number of amides is 1. The molecule has 30 heavy (non-hydrogen) atoms. The Morgan fingerprint density at radius 3 is 2.70 bits per heavy atom. The zero-order valence-electron chi connectivity index (χ0n) is 16.8. The minimum atomic E-state index is -0.0977. The summed E-state index contributed by atoms with van der Waals surface area (Å²) in [5, 5.41) is 4.03. The maximum absolute atomic E-state index is 12.8. The van der Waals surface area contributed by atoms with Crippen molar-refractivity contribution in [3.63, 3.8) is 0 Å². The third-order valence-electron chi connectivity index (χ3n) is 5.54. The molecule has 2 N–H and O–H groups in total. The molecule has 0 radical (unpaired) electrons. The number of para-hydroxylation sites is 3. The molecule has 0 saturated heterocycles. The van der Waals surface area contributed by atoms with E-state index in [-0.39, 0.29) is 12.3 Å². The number of hydrogen-bond donors (Lipinski definition) is 2. The van der Waals surface area contributed by atoms with Crippen molar-refractivity contribution < 1.29 is 9.21 Å². The number of nitrogens with one attached hydrogen (secondary N) is 2. The molecule has 5 rings (SSSR count). The quantitative estimate of drug-likeness (QED) is 0.405. The van der Waals surface area contributed by atoms with E-state index in [4.69, 9.17) is 4.42 Å². The summed E-state index contributed by atoms with van der Waals surface area (Å²) in [5.41, 5.74) is 7.44. The van der Waals surface area contributed by atoms with Gasteiger partial charge in [0.2, 0.25) is 5.91 Å². The standard InChI is InChI=1S/C25H21N3O2/c1-15-11-12-18-17(14-30-24(18)16(15)2)13-23(29)26-20-8-4-3-7-19(20)25-27-21-9-5-6-10-22(21)28-25/h3-12,14H,13H2,1-2H3,(H,26,29)(H,27,28). The highest BCUT2D eigenvalue weighted by Gasteiger charge is 2.15. The average Bonchev–Trinajstić information content (AvgIpc) is 3.35. The van der Waals surface area contributed by atoms with Crippen molar-refractivity contribution in [3.8, 4) is 11.4 Å². The molecule has 5 nitrogen and oxygen atoms in total. The van der Waals surface area contributed by atoms with E-state index in [1.807, 2.05) is 61.5 Å². The lowest BCUT2D eigenvalue weighted by atomic mass is 10.0. The van der Waals surface area contributed by atoms with E-state index in [9.17, 15) is 4.79 Å².